The maximum absolute atomic E-state index is 11.6. The van der Waals surface area contributed by atoms with Gasteiger partial charge in [-0.3, -0.25) is 4.79 Å². The largest absolute Gasteiger partial charge is 0.287 e. The summed E-state index contributed by atoms with van der Waals surface area (Å²) in [5.41, 5.74) is -0.202. The number of rotatable bonds is 4. The van der Waals surface area contributed by atoms with Crippen LogP contribution in [0.2, 0.25) is 0 Å². The zero-order chi connectivity index (χ0) is 10.7. The molecule has 0 saturated heterocycles. The van der Waals surface area contributed by atoms with Crippen molar-refractivity contribution in [2.75, 3.05) is 12.5 Å². The van der Waals surface area contributed by atoms with E-state index in [1.165, 1.54) is 11.8 Å². The molecule has 0 aromatic carbocycles. The summed E-state index contributed by atoms with van der Waals surface area (Å²) >= 11 is 3.16. The monoisotopic (exact) mass is 220 g/mol. The molecule has 78 valence electrons. The van der Waals surface area contributed by atoms with Crippen LogP contribution in [0.15, 0.2) is 0 Å². The highest BCUT2D eigenvalue weighted by Crippen LogP contribution is 2.37. The molecule has 0 unspecified atom stereocenters. The minimum absolute atomic E-state index is 0.189. The topological polar surface area (TPSA) is 17.1 Å². The van der Waals surface area contributed by atoms with Crippen molar-refractivity contribution in [2.45, 2.75) is 38.9 Å². The Morgan fingerprint density at radius 2 is 1.62 bits per heavy atom. The maximum atomic E-state index is 11.6. The Kier molecular flexibility index (Phi) is 4.87. The van der Waals surface area contributed by atoms with Gasteiger partial charge in [-0.25, -0.2) is 0 Å². The second-order valence-electron chi connectivity index (χ2n) is 4.52. The summed E-state index contributed by atoms with van der Waals surface area (Å²) in [6.07, 6.45) is 4.89. The Hall–Kier alpha value is 0.370. The van der Waals surface area contributed by atoms with E-state index in [1.54, 1.807) is 0 Å². The van der Waals surface area contributed by atoms with Gasteiger partial charge in [0.15, 0.2) is 5.12 Å². The maximum Gasteiger partial charge on any atom is 0.194 e. The predicted octanol–water partition coefficient (Wildman–Crippen LogP) is 3.43. The molecule has 0 N–H and O–H groups in total. The lowest BCUT2D eigenvalue weighted by Crippen LogP contribution is -2.30. The van der Waals surface area contributed by atoms with Crippen molar-refractivity contribution in [1.29, 1.82) is 0 Å². The minimum atomic E-state index is -0.202. The molecule has 13 heavy (non-hydrogen) atoms. The van der Waals surface area contributed by atoms with E-state index in [1.807, 2.05) is 31.9 Å². The van der Waals surface area contributed by atoms with Gasteiger partial charge in [0.25, 0.3) is 0 Å². The van der Waals surface area contributed by atoms with Gasteiger partial charge in [0.05, 0.1) is 0 Å². The molecular formula is C10H20OS2. The van der Waals surface area contributed by atoms with Crippen LogP contribution in [0.25, 0.3) is 0 Å². The van der Waals surface area contributed by atoms with Crippen LogP contribution in [-0.4, -0.2) is 22.4 Å². The third-order valence-electron chi connectivity index (χ3n) is 2.16. The number of thioether (sulfide) groups is 2. The Morgan fingerprint density at radius 3 is 1.92 bits per heavy atom. The molecule has 0 rings (SSSR count). The zero-order valence-electron chi connectivity index (χ0n) is 9.43. The van der Waals surface area contributed by atoms with Gasteiger partial charge < -0.3 is 0 Å². The first kappa shape index (κ1) is 13.4. The van der Waals surface area contributed by atoms with Crippen LogP contribution in [0.3, 0.4) is 0 Å². The molecule has 0 aliphatic rings. The molecule has 0 radical (unpaired) electrons. The van der Waals surface area contributed by atoms with Crippen molar-refractivity contribution in [3.63, 3.8) is 0 Å². The smallest absolute Gasteiger partial charge is 0.194 e. The molecule has 0 fully saturated rings. The van der Waals surface area contributed by atoms with Crippen molar-refractivity contribution in [1.82, 2.24) is 0 Å². The SMILES string of the molecule is CSC(=O)C(C)(C)CC(C)(C)SC. The summed E-state index contributed by atoms with van der Waals surface area (Å²) in [6, 6.07) is 0. The van der Waals surface area contributed by atoms with E-state index >= 15 is 0 Å². The first-order valence-electron chi connectivity index (χ1n) is 4.39. The average molecular weight is 220 g/mol. The second-order valence-corrected chi connectivity index (χ2v) is 6.81. The molecule has 0 bridgehead atoms. The van der Waals surface area contributed by atoms with Crippen molar-refractivity contribution < 1.29 is 4.79 Å². The fourth-order valence-corrected chi connectivity index (χ4v) is 2.61. The normalized spacial score (nSPS) is 13.1. The van der Waals surface area contributed by atoms with E-state index in [0.717, 1.165) is 6.42 Å². The number of carbonyl (C=O) groups excluding carboxylic acids is 1. The van der Waals surface area contributed by atoms with Gasteiger partial charge in [-0.1, -0.05) is 39.5 Å². The molecule has 0 aromatic heterocycles. The van der Waals surface area contributed by atoms with Gasteiger partial charge in [0.1, 0.15) is 0 Å². The Bertz CT molecular complexity index is 185. The molecule has 1 nitrogen and oxygen atoms in total. The average Bonchev–Trinajstić information content (AvgIpc) is 2.01. The summed E-state index contributed by atoms with van der Waals surface area (Å²) in [4.78, 5) is 11.6. The van der Waals surface area contributed by atoms with Crippen molar-refractivity contribution in [3.8, 4) is 0 Å². The highest BCUT2D eigenvalue weighted by atomic mass is 32.2. The Labute approximate surface area is 90.4 Å². The molecule has 0 amide bonds. The summed E-state index contributed by atoms with van der Waals surface area (Å²) in [5, 5.41) is 0.287. The van der Waals surface area contributed by atoms with E-state index in [0.29, 0.717) is 0 Å². The van der Waals surface area contributed by atoms with Crippen LogP contribution in [0, 0.1) is 5.41 Å². The highest BCUT2D eigenvalue weighted by Gasteiger charge is 2.33. The van der Waals surface area contributed by atoms with Crippen LogP contribution < -0.4 is 0 Å². The fraction of sp³-hybridized carbons (Fsp3) is 0.900. The lowest BCUT2D eigenvalue weighted by molar-refractivity contribution is -0.118. The summed E-state index contributed by atoms with van der Waals surface area (Å²) < 4.78 is 0.189. The van der Waals surface area contributed by atoms with Crippen LogP contribution in [0.1, 0.15) is 34.1 Å². The lowest BCUT2D eigenvalue weighted by Gasteiger charge is -2.31. The summed E-state index contributed by atoms with van der Waals surface area (Å²) in [7, 11) is 0. The Morgan fingerprint density at radius 1 is 1.15 bits per heavy atom. The van der Waals surface area contributed by atoms with E-state index in [-0.39, 0.29) is 15.3 Å². The molecule has 3 heteroatoms. The number of carbonyl (C=O) groups is 1. The number of hydrogen-bond donors (Lipinski definition) is 0. The van der Waals surface area contributed by atoms with Gasteiger partial charge in [-0.05, 0) is 18.9 Å². The van der Waals surface area contributed by atoms with Gasteiger partial charge in [0, 0.05) is 10.2 Å². The van der Waals surface area contributed by atoms with Crippen LogP contribution in [-0.2, 0) is 4.79 Å². The van der Waals surface area contributed by atoms with E-state index in [4.69, 9.17) is 0 Å². The fourth-order valence-electron chi connectivity index (χ4n) is 1.48. The van der Waals surface area contributed by atoms with Gasteiger partial charge in [0.2, 0.25) is 0 Å². The van der Waals surface area contributed by atoms with E-state index in [2.05, 4.69) is 20.1 Å². The van der Waals surface area contributed by atoms with E-state index < -0.39 is 0 Å². The first-order chi connectivity index (χ1) is 5.75. The van der Waals surface area contributed by atoms with Crippen LogP contribution in [0.5, 0.6) is 0 Å². The molecule has 0 aromatic rings. The van der Waals surface area contributed by atoms with Crippen LogP contribution >= 0.6 is 23.5 Å². The minimum Gasteiger partial charge on any atom is -0.287 e. The molecular weight excluding hydrogens is 200 g/mol. The van der Waals surface area contributed by atoms with Crippen molar-refractivity contribution in [3.05, 3.63) is 0 Å². The third kappa shape index (κ3) is 4.41. The van der Waals surface area contributed by atoms with Gasteiger partial charge in [-0.15, -0.1) is 0 Å². The predicted molar refractivity (Wildman–Crippen MR) is 64.5 cm³/mol. The number of hydrogen-bond acceptors (Lipinski definition) is 3. The molecule has 0 spiro atoms. The van der Waals surface area contributed by atoms with Gasteiger partial charge in [-0.2, -0.15) is 11.8 Å². The molecule has 0 saturated carbocycles. The molecule has 0 aliphatic carbocycles. The second kappa shape index (κ2) is 4.74. The van der Waals surface area contributed by atoms with Crippen molar-refractivity contribution >= 4 is 28.6 Å². The highest BCUT2D eigenvalue weighted by molar-refractivity contribution is 8.13. The third-order valence-corrected chi connectivity index (χ3v) is 4.33. The van der Waals surface area contributed by atoms with Gasteiger partial charge >= 0.3 is 0 Å². The molecule has 0 atom stereocenters. The first-order valence-corrected chi connectivity index (χ1v) is 6.84. The summed E-state index contributed by atoms with van der Waals surface area (Å²) in [6.45, 7) is 8.44. The molecule has 0 heterocycles. The quantitative estimate of drug-likeness (QED) is 0.722. The van der Waals surface area contributed by atoms with Crippen LogP contribution in [0.4, 0.5) is 0 Å². The molecule has 0 aliphatic heterocycles. The summed E-state index contributed by atoms with van der Waals surface area (Å²) in [5.74, 6) is 0. The zero-order valence-corrected chi connectivity index (χ0v) is 11.1. The standard InChI is InChI=1S/C10H20OS2/c1-9(2,8(11)12-5)7-10(3,4)13-6/h7H2,1-6H3. The van der Waals surface area contributed by atoms with E-state index in [9.17, 15) is 4.79 Å². The Balaban J connectivity index is 4.41. The lowest BCUT2D eigenvalue weighted by atomic mass is 9.85. The van der Waals surface area contributed by atoms with Crippen molar-refractivity contribution in [2.24, 2.45) is 5.41 Å².